The van der Waals surface area contributed by atoms with Gasteiger partial charge in [0.2, 0.25) is 0 Å². The average molecular weight is 1630 g/mol. The molecule has 16 atom stereocenters. The number of carboxylic acid groups (broad SMARTS) is 1. The molecule has 2 aromatic carbocycles. The smallest absolute Gasteiger partial charge is 0.317 e. The number of ether oxygens (including phenoxy) is 3. The zero-order valence-corrected chi connectivity index (χ0v) is 73.1. The Morgan fingerprint density at radius 1 is 0.557 bits per heavy atom. The standard InChI is InChI=1S/C93H126Cl2F2N6O12/c1-51(2)70-59(104)47-92(40-38-88(15)56(72(70)92)25-28-64-86(13)34-32-66(114-68(106)49-82(5,6)80(110)111)84(9,10)62(86)30-36-90(64,88)17)76-74(94)79(109)103(100(76)44-42-98)55-24-27-58(97)61(46-55)113-81(112)83(7,8)50-69(107)115-67-33-35-87(14)63(85(67,11)12)31-37-91(18)65(87)29-26-57-73-71(52(3)4)60(105)48-93(73,41-39-89(57,91)16)77-75(95)78(108)102(101(77)45-43-99-19)54-22-20-53(96)21-23-54/h20-24,27,46,51-52,56-57,62-67,99H,25-26,28-45,47-50,98H2,1-19H3,(H,110,111)/t56-,57-,62+,63+,64-,65-,66+,67+,86+,87+,88-,89-,90-,91-,92-,93-/m1/s1. The first-order chi connectivity index (χ1) is 53.6. The molecule has 0 spiro atoms. The van der Waals surface area contributed by atoms with E-state index >= 15 is 14.0 Å². The lowest BCUT2D eigenvalue weighted by atomic mass is 9.33. The molecule has 0 bridgehead atoms. The van der Waals surface area contributed by atoms with Crippen LogP contribution in [0.1, 0.15) is 264 Å². The summed E-state index contributed by atoms with van der Waals surface area (Å²) in [5.41, 5.74) is 4.58. The minimum atomic E-state index is -1.51. The molecule has 8 fully saturated rings. The summed E-state index contributed by atoms with van der Waals surface area (Å²) in [7, 11) is 1.86. The van der Waals surface area contributed by atoms with E-state index in [0.717, 1.165) is 105 Å². The number of hydrogen-bond donors (Lipinski definition) is 3. The van der Waals surface area contributed by atoms with Crippen molar-refractivity contribution in [2.24, 2.45) is 107 Å². The van der Waals surface area contributed by atoms with Crippen molar-refractivity contribution in [3.63, 3.8) is 0 Å². The minimum Gasteiger partial charge on any atom is -0.481 e. The van der Waals surface area contributed by atoms with Crippen LogP contribution in [0, 0.1) is 113 Å². The molecule has 10 aliphatic carbocycles. The van der Waals surface area contributed by atoms with Crippen molar-refractivity contribution in [2.75, 3.05) is 20.1 Å². The Hall–Kier alpha value is -6.48. The van der Waals surface area contributed by atoms with Gasteiger partial charge in [-0.1, -0.05) is 120 Å². The van der Waals surface area contributed by atoms with Crippen LogP contribution < -0.4 is 26.9 Å². The van der Waals surface area contributed by atoms with Crippen molar-refractivity contribution < 1.29 is 56.9 Å². The fraction of sp³-hybridized carbons (Fsp3) is 0.699. The summed E-state index contributed by atoms with van der Waals surface area (Å²) in [6, 6.07) is 9.75. The number of halogens is 4. The van der Waals surface area contributed by atoms with E-state index in [1.54, 1.807) is 49.2 Å². The Labute approximate surface area is 687 Å². The van der Waals surface area contributed by atoms with E-state index in [9.17, 15) is 38.3 Å². The maximum atomic E-state index is 16.5. The van der Waals surface area contributed by atoms with Crippen molar-refractivity contribution in [2.45, 2.75) is 289 Å². The molecule has 0 aliphatic heterocycles. The SMILES string of the molecule is CNCCn1c([C@@]23CC[C@]4(C)[C@H](CC[C@@H]5[C@@]6(C)CC[C@H](OC(=O)CC(C)(C)C(=O)Oc7cc(-n8c(=O)c(Cl)c([C@@]9%10CC[C@]%11(C)[C@H](CC[C@@H]%12[C@@]%13(C)CC[C@H](OC(=O)CC(C)(C)C(=O)O)C(C)(C)[C@@H]%13CC[C@]%12%11C)C9=C(C(C)C)C(=O)C%10)n8CCN)ccc7F)C(C)(C)[C@@H]6CC[C@]54C)C2=C(C(C)C)C(=O)C3)c(Cl)c(=O)n1-c1ccc(F)cc1. The number of likely N-dealkylation sites (N-methyl/N-ethyl adjacent to an activating group) is 1. The van der Waals surface area contributed by atoms with E-state index in [4.69, 9.17) is 43.1 Å². The quantitative estimate of drug-likeness (QED) is 0.0551. The third-order valence-corrected chi connectivity index (χ3v) is 34.7. The number of esters is 3. The Bertz CT molecular complexity index is 4860. The number of nitrogens with one attached hydrogen (secondary N) is 1. The van der Waals surface area contributed by atoms with Gasteiger partial charge in [0.15, 0.2) is 23.1 Å². The first kappa shape index (κ1) is 85.0. The van der Waals surface area contributed by atoms with Crippen LogP contribution in [0.3, 0.4) is 0 Å². The number of aromatic nitrogens is 4. The lowest BCUT2D eigenvalue weighted by molar-refractivity contribution is -0.232. The first-order valence-electron chi connectivity index (χ1n) is 42.9. The van der Waals surface area contributed by atoms with Gasteiger partial charge in [-0.2, -0.15) is 0 Å². The zero-order chi connectivity index (χ0) is 84.0. The lowest BCUT2D eigenvalue weighted by Gasteiger charge is -2.72. The van der Waals surface area contributed by atoms with E-state index in [2.05, 4.69) is 102 Å². The number of ketones is 2. The summed E-state index contributed by atoms with van der Waals surface area (Å²) in [5, 5.41) is 13.1. The summed E-state index contributed by atoms with van der Waals surface area (Å²) < 4.78 is 56.4. The second-order valence-electron chi connectivity index (χ2n) is 41.8. The molecule has 0 unspecified atom stereocenters. The summed E-state index contributed by atoms with van der Waals surface area (Å²) in [6.07, 6.45) is 11.6. The number of carbonyl (C=O) groups is 6. The van der Waals surface area contributed by atoms with E-state index in [1.165, 1.54) is 28.9 Å². The van der Waals surface area contributed by atoms with E-state index in [0.29, 0.717) is 61.8 Å². The highest BCUT2D eigenvalue weighted by Gasteiger charge is 2.74. The zero-order valence-electron chi connectivity index (χ0n) is 71.6. The van der Waals surface area contributed by atoms with Crippen LogP contribution in [0.25, 0.3) is 11.4 Å². The minimum absolute atomic E-state index is 0.0263. The van der Waals surface area contributed by atoms with E-state index < -0.39 is 85.6 Å². The van der Waals surface area contributed by atoms with Gasteiger partial charge in [0, 0.05) is 53.7 Å². The molecule has 0 amide bonds. The number of nitrogens with two attached hydrogens (primary N) is 1. The Kier molecular flexibility index (Phi) is 21.3. The second-order valence-corrected chi connectivity index (χ2v) is 42.6. The van der Waals surface area contributed by atoms with Crippen LogP contribution >= 0.6 is 23.2 Å². The largest absolute Gasteiger partial charge is 0.481 e. The monoisotopic (exact) mass is 1630 g/mol. The highest BCUT2D eigenvalue weighted by molar-refractivity contribution is 6.32. The Morgan fingerprint density at radius 2 is 0.983 bits per heavy atom. The van der Waals surface area contributed by atoms with E-state index in [1.807, 2.05) is 11.7 Å². The molecule has 22 heteroatoms. The van der Waals surface area contributed by atoms with Gasteiger partial charge in [-0.3, -0.25) is 47.7 Å². The molecule has 0 radical (unpaired) electrons. The molecule has 4 aromatic rings. The molecule has 628 valence electrons. The Balaban J connectivity index is 0.682. The van der Waals surface area contributed by atoms with Gasteiger partial charge in [-0.05, 0) is 276 Å². The third kappa shape index (κ3) is 12.5. The number of carbonyl (C=O) groups excluding carboxylic acids is 5. The predicted octanol–water partition coefficient (Wildman–Crippen LogP) is 18.2. The molecule has 0 saturated heterocycles. The summed E-state index contributed by atoms with van der Waals surface area (Å²) in [4.78, 5) is 115. The summed E-state index contributed by atoms with van der Waals surface area (Å²) in [6.45, 7) is 39.4. The number of fused-ring (bicyclic) bond motifs is 14. The number of allylic oxidation sites excluding steroid dienone is 4. The molecule has 10 aliphatic rings. The van der Waals surface area contributed by atoms with Crippen LogP contribution in [0.2, 0.25) is 10.0 Å². The lowest BCUT2D eigenvalue weighted by Crippen LogP contribution is -2.66. The molecule has 18 nitrogen and oxygen atoms in total. The molecule has 115 heavy (non-hydrogen) atoms. The molecular weight excluding hydrogens is 1500 g/mol. The fourth-order valence-electron chi connectivity index (χ4n) is 28.2. The van der Waals surface area contributed by atoms with Crippen LogP contribution in [-0.2, 0) is 62.2 Å². The van der Waals surface area contributed by atoms with Crippen LogP contribution in [0.4, 0.5) is 8.78 Å². The summed E-state index contributed by atoms with van der Waals surface area (Å²) >= 11 is 15.0. The number of carboxylic acids is 1. The van der Waals surface area contributed by atoms with Crippen LogP contribution in [0.15, 0.2) is 74.3 Å². The maximum Gasteiger partial charge on any atom is 0.317 e. The van der Waals surface area contributed by atoms with Crippen molar-refractivity contribution in [3.8, 4) is 17.1 Å². The third-order valence-electron chi connectivity index (χ3n) is 34.0. The Morgan fingerprint density at radius 3 is 1.41 bits per heavy atom. The van der Waals surface area contributed by atoms with Gasteiger partial charge >= 0.3 is 23.9 Å². The van der Waals surface area contributed by atoms with Gasteiger partial charge in [-0.25, -0.2) is 18.1 Å². The fourth-order valence-corrected chi connectivity index (χ4v) is 28.9. The molecule has 4 N–H and O–H groups in total. The molecule has 14 rings (SSSR count). The highest BCUT2D eigenvalue weighted by atomic mass is 35.5. The molecule has 8 saturated carbocycles. The number of benzene rings is 2. The molecular formula is C93H126Cl2F2N6O12. The van der Waals surface area contributed by atoms with Gasteiger partial charge < -0.3 is 30.4 Å². The maximum absolute atomic E-state index is 16.5. The normalized spacial score (nSPS) is 34.7. The van der Waals surface area contributed by atoms with Crippen molar-refractivity contribution in [3.05, 3.63) is 119 Å². The average Bonchev–Trinajstić information content (AvgIpc) is 1.61. The van der Waals surface area contributed by atoms with Gasteiger partial charge in [-0.15, -0.1) is 0 Å². The number of nitrogens with zero attached hydrogens (tertiary/aromatic N) is 4. The number of hydrogen-bond acceptors (Lipinski definition) is 13. The van der Waals surface area contributed by atoms with Crippen LogP contribution in [-0.4, -0.2) is 91.6 Å². The van der Waals surface area contributed by atoms with Gasteiger partial charge in [0.1, 0.15) is 28.1 Å². The topological polar surface area (TPSA) is 242 Å². The van der Waals surface area contributed by atoms with E-state index in [-0.39, 0.29) is 152 Å². The van der Waals surface area contributed by atoms with Gasteiger partial charge in [0.25, 0.3) is 11.1 Å². The molecule has 2 aromatic heterocycles. The first-order valence-corrected chi connectivity index (χ1v) is 43.7. The highest BCUT2D eigenvalue weighted by Crippen LogP contribution is 2.80. The number of Topliss-reactive ketones (excluding diaryl/α,β-unsaturated/α-hetero) is 2. The van der Waals surface area contributed by atoms with Crippen molar-refractivity contribution in [1.29, 1.82) is 0 Å². The number of rotatable bonds is 20. The predicted molar refractivity (Wildman–Crippen MR) is 440 cm³/mol. The van der Waals surface area contributed by atoms with Crippen LogP contribution in [0.5, 0.6) is 5.75 Å². The summed E-state index contributed by atoms with van der Waals surface area (Å²) in [5.74, 6) is -3.89. The van der Waals surface area contributed by atoms with Crippen molar-refractivity contribution in [1.82, 2.24) is 24.0 Å². The second kappa shape index (κ2) is 28.9. The van der Waals surface area contributed by atoms with Gasteiger partial charge in [0.05, 0.1) is 59.5 Å². The number of aliphatic carboxylic acids is 1. The molecule has 2 heterocycles. The van der Waals surface area contributed by atoms with Crippen molar-refractivity contribution >= 4 is 58.6 Å².